The molecule has 1 heterocycles. The van der Waals surface area contributed by atoms with E-state index >= 15 is 0 Å². The van der Waals surface area contributed by atoms with Crippen LogP contribution in [-0.4, -0.2) is 31.4 Å². The molecule has 0 aliphatic carbocycles. The van der Waals surface area contributed by atoms with Gasteiger partial charge in [-0.1, -0.05) is 11.6 Å². The standard InChI is InChI=1S/C19H18ClNO4/c1-10-5-15(13-8-17(24-3)16(22)9-14(13)20)21-19-12(10)6-11(23-2)7-18(19)25-4/h5-9,22H,1-4H3. The van der Waals surface area contributed by atoms with E-state index in [9.17, 15) is 5.11 Å². The minimum atomic E-state index is -0.0175. The Morgan fingerprint density at radius 2 is 1.64 bits per heavy atom. The van der Waals surface area contributed by atoms with Crippen LogP contribution in [0.1, 0.15) is 5.56 Å². The summed E-state index contributed by atoms with van der Waals surface area (Å²) >= 11 is 6.31. The number of hydrogen-bond acceptors (Lipinski definition) is 5. The lowest BCUT2D eigenvalue weighted by Gasteiger charge is -2.13. The lowest BCUT2D eigenvalue weighted by molar-refractivity contribution is 0.373. The Morgan fingerprint density at radius 3 is 2.28 bits per heavy atom. The average Bonchev–Trinajstić information content (AvgIpc) is 2.61. The Labute approximate surface area is 150 Å². The number of pyridine rings is 1. The number of rotatable bonds is 4. The SMILES string of the molecule is COc1cc(OC)c2nc(-c3cc(OC)c(O)cc3Cl)cc(C)c2c1. The first kappa shape index (κ1) is 17.2. The van der Waals surface area contributed by atoms with Crippen LogP contribution < -0.4 is 14.2 Å². The number of ether oxygens (including phenoxy) is 3. The van der Waals surface area contributed by atoms with Gasteiger partial charge in [0.25, 0.3) is 0 Å². The number of aryl methyl sites for hydroxylation is 1. The van der Waals surface area contributed by atoms with Gasteiger partial charge < -0.3 is 19.3 Å². The average molecular weight is 360 g/mol. The van der Waals surface area contributed by atoms with Gasteiger partial charge in [-0.2, -0.15) is 0 Å². The van der Waals surface area contributed by atoms with Gasteiger partial charge in [-0.3, -0.25) is 0 Å². The molecule has 2 aromatic carbocycles. The van der Waals surface area contributed by atoms with Crippen LogP contribution in [0.5, 0.6) is 23.0 Å². The van der Waals surface area contributed by atoms with Gasteiger partial charge in [0.1, 0.15) is 17.0 Å². The highest BCUT2D eigenvalue weighted by Crippen LogP contribution is 2.39. The fourth-order valence-electron chi connectivity index (χ4n) is 2.75. The molecule has 1 N–H and O–H groups in total. The van der Waals surface area contributed by atoms with Gasteiger partial charge in [-0.15, -0.1) is 0 Å². The first-order valence-corrected chi connectivity index (χ1v) is 7.96. The maximum Gasteiger partial charge on any atom is 0.161 e. The number of phenols is 1. The Morgan fingerprint density at radius 1 is 0.920 bits per heavy atom. The molecule has 0 radical (unpaired) electrons. The minimum absolute atomic E-state index is 0.0175. The third-order valence-corrected chi connectivity index (χ3v) is 4.37. The van der Waals surface area contributed by atoms with Crippen LogP contribution in [0.4, 0.5) is 0 Å². The molecule has 0 atom stereocenters. The van der Waals surface area contributed by atoms with E-state index in [1.54, 1.807) is 26.4 Å². The smallest absolute Gasteiger partial charge is 0.161 e. The van der Waals surface area contributed by atoms with Crippen LogP contribution in [0, 0.1) is 6.92 Å². The molecule has 3 aromatic rings. The molecule has 5 nitrogen and oxygen atoms in total. The van der Waals surface area contributed by atoms with Gasteiger partial charge in [-0.25, -0.2) is 4.98 Å². The van der Waals surface area contributed by atoms with Crippen LogP contribution in [0.25, 0.3) is 22.2 Å². The molecule has 0 saturated heterocycles. The van der Waals surface area contributed by atoms with E-state index in [2.05, 4.69) is 0 Å². The summed E-state index contributed by atoms with van der Waals surface area (Å²) in [7, 11) is 4.69. The summed E-state index contributed by atoms with van der Waals surface area (Å²) in [6, 6.07) is 8.75. The zero-order valence-electron chi connectivity index (χ0n) is 14.4. The second-order valence-corrected chi connectivity index (χ2v) is 5.96. The second kappa shape index (κ2) is 6.69. The van der Waals surface area contributed by atoms with Crippen molar-refractivity contribution in [1.29, 1.82) is 0 Å². The van der Waals surface area contributed by atoms with Crippen molar-refractivity contribution < 1.29 is 19.3 Å². The molecule has 0 aliphatic heterocycles. The van der Waals surface area contributed by atoms with Gasteiger partial charge in [0, 0.05) is 23.1 Å². The van der Waals surface area contributed by atoms with Crippen LogP contribution in [0.2, 0.25) is 5.02 Å². The fraction of sp³-hybridized carbons (Fsp3) is 0.211. The van der Waals surface area contributed by atoms with E-state index < -0.39 is 0 Å². The van der Waals surface area contributed by atoms with E-state index in [1.807, 2.05) is 19.1 Å². The van der Waals surface area contributed by atoms with Gasteiger partial charge in [0.05, 0.1) is 32.0 Å². The van der Waals surface area contributed by atoms with E-state index in [1.165, 1.54) is 13.2 Å². The normalized spacial score (nSPS) is 10.8. The van der Waals surface area contributed by atoms with E-state index in [4.69, 9.17) is 30.8 Å². The van der Waals surface area contributed by atoms with E-state index in [-0.39, 0.29) is 5.75 Å². The number of fused-ring (bicyclic) bond motifs is 1. The Balaban J connectivity index is 2.29. The summed E-state index contributed by atoms with van der Waals surface area (Å²) in [5.74, 6) is 1.63. The van der Waals surface area contributed by atoms with Gasteiger partial charge in [0.15, 0.2) is 11.5 Å². The molecule has 25 heavy (non-hydrogen) atoms. The quantitative estimate of drug-likeness (QED) is 0.738. The topological polar surface area (TPSA) is 60.8 Å². The van der Waals surface area contributed by atoms with Crippen LogP contribution >= 0.6 is 11.6 Å². The highest BCUT2D eigenvalue weighted by Gasteiger charge is 2.15. The maximum absolute atomic E-state index is 9.87. The van der Waals surface area contributed by atoms with Gasteiger partial charge in [-0.05, 0) is 30.7 Å². The van der Waals surface area contributed by atoms with E-state index in [0.717, 1.165) is 10.9 Å². The highest BCUT2D eigenvalue weighted by atomic mass is 35.5. The van der Waals surface area contributed by atoms with Crippen molar-refractivity contribution in [3.05, 3.63) is 40.9 Å². The number of halogens is 1. The predicted molar refractivity (Wildman–Crippen MR) is 98.2 cm³/mol. The second-order valence-electron chi connectivity index (χ2n) is 5.55. The number of hydrogen-bond donors (Lipinski definition) is 1. The number of benzene rings is 2. The van der Waals surface area contributed by atoms with Crippen molar-refractivity contribution in [2.24, 2.45) is 0 Å². The number of phenolic OH excluding ortho intramolecular Hbond substituents is 1. The number of aromatic hydroxyl groups is 1. The summed E-state index contributed by atoms with van der Waals surface area (Å²) in [5.41, 5.74) is 3.04. The van der Waals surface area contributed by atoms with Crippen molar-refractivity contribution in [3.63, 3.8) is 0 Å². The molecule has 0 spiro atoms. The Bertz CT molecular complexity index is 956. The number of methoxy groups -OCH3 is 3. The Hall–Kier alpha value is -2.66. The van der Waals surface area contributed by atoms with E-state index in [0.29, 0.717) is 39.0 Å². The minimum Gasteiger partial charge on any atom is -0.504 e. The van der Waals surface area contributed by atoms with Gasteiger partial charge in [0.2, 0.25) is 0 Å². The summed E-state index contributed by atoms with van der Waals surface area (Å²) in [4.78, 5) is 4.72. The molecular weight excluding hydrogens is 342 g/mol. The summed E-state index contributed by atoms with van der Waals surface area (Å²) in [6.07, 6.45) is 0. The third kappa shape index (κ3) is 3.03. The maximum atomic E-state index is 9.87. The largest absolute Gasteiger partial charge is 0.504 e. The summed E-state index contributed by atoms with van der Waals surface area (Å²) < 4.78 is 16.0. The van der Waals surface area contributed by atoms with Crippen LogP contribution in [0.3, 0.4) is 0 Å². The molecule has 3 rings (SSSR count). The zero-order chi connectivity index (χ0) is 18.1. The van der Waals surface area contributed by atoms with Crippen molar-refractivity contribution in [2.75, 3.05) is 21.3 Å². The van der Waals surface area contributed by atoms with Crippen LogP contribution in [0.15, 0.2) is 30.3 Å². The molecule has 0 bridgehead atoms. The van der Waals surface area contributed by atoms with Crippen molar-refractivity contribution >= 4 is 22.5 Å². The first-order chi connectivity index (χ1) is 12.0. The molecule has 0 amide bonds. The van der Waals surface area contributed by atoms with Crippen molar-refractivity contribution in [1.82, 2.24) is 4.98 Å². The summed E-state index contributed by atoms with van der Waals surface area (Å²) in [5, 5.41) is 11.2. The highest BCUT2D eigenvalue weighted by molar-refractivity contribution is 6.33. The van der Waals surface area contributed by atoms with Crippen molar-refractivity contribution in [2.45, 2.75) is 6.92 Å². The molecule has 0 unspecified atom stereocenters. The predicted octanol–water partition coefficient (Wildman–Crippen LogP) is 4.60. The molecule has 0 saturated carbocycles. The zero-order valence-corrected chi connectivity index (χ0v) is 15.1. The molecular formula is C19H18ClNO4. The third-order valence-electron chi connectivity index (χ3n) is 4.06. The summed E-state index contributed by atoms with van der Waals surface area (Å²) in [6.45, 7) is 1.98. The van der Waals surface area contributed by atoms with Crippen LogP contribution in [-0.2, 0) is 0 Å². The number of nitrogens with zero attached hydrogens (tertiary/aromatic N) is 1. The van der Waals surface area contributed by atoms with Crippen molar-refractivity contribution in [3.8, 4) is 34.3 Å². The lowest BCUT2D eigenvalue weighted by atomic mass is 10.0. The monoisotopic (exact) mass is 359 g/mol. The molecule has 0 fully saturated rings. The molecule has 130 valence electrons. The Kier molecular flexibility index (Phi) is 4.59. The first-order valence-electron chi connectivity index (χ1n) is 7.58. The lowest BCUT2D eigenvalue weighted by Crippen LogP contribution is -1.95. The molecule has 0 aliphatic rings. The van der Waals surface area contributed by atoms with Gasteiger partial charge >= 0.3 is 0 Å². The molecule has 1 aromatic heterocycles. The number of aromatic nitrogens is 1. The molecule has 6 heteroatoms. The fourth-order valence-corrected chi connectivity index (χ4v) is 3.00.